The van der Waals surface area contributed by atoms with Gasteiger partial charge in [0.2, 0.25) is 0 Å². The number of thiocarbonyl (C=S) groups is 1. The van der Waals surface area contributed by atoms with Gasteiger partial charge in [-0.1, -0.05) is 12.1 Å². The van der Waals surface area contributed by atoms with Crippen LogP contribution in [0, 0.1) is 11.3 Å². The standard InChI is InChI=1S/C18H17N3O3S/c1-23-10-11-24-16-5-3-2-4-15(16)17(22)21-18(25)20-14-8-6-13(12-19)7-9-14/h2-9H,10-11H2,1H3,(H2,20,21,22,25). The Balaban J connectivity index is 1.98. The zero-order valence-corrected chi connectivity index (χ0v) is 14.4. The third-order valence-electron chi connectivity index (χ3n) is 3.18. The molecule has 128 valence electrons. The highest BCUT2D eigenvalue weighted by molar-refractivity contribution is 7.80. The maximum Gasteiger partial charge on any atom is 0.261 e. The average molecular weight is 355 g/mol. The van der Waals surface area contributed by atoms with Gasteiger partial charge in [0.05, 0.1) is 23.8 Å². The fraction of sp³-hybridized carbons (Fsp3) is 0.167. The normalized spacial score (nSPS) is 9.76. The first-order chi connectivity index (χ1) is 12.1. The minimum Gasteiger partial charge on any atom is -0.490 e. The lowest BCUT2D eigenvalue weighted by atomic mass is 10.2. The summed E-state index contributed by atoms with van der Waals surface area (Å²) in [6.45, 7) is 0.767. The molecule has 0 radical (unpaired) electrons. The second kappa shape index (κ2) is 9.37. The van der Waals surface area contributed by atoms with Crippen LogP contribution in [-0.2, 0) is 4.74 Å². The number of rotatable bonds is 6. The van der Waals surface area contributed by atoms with Crippen LogP contribution in [0.2, 0.25) is 0 Å². The number of ether oxygens (including phenoxy) is 2. The Morgan fingerprint density at radius 3 is 2.56 bits per heavy atom. The van der Waals surface area contributed by atoms with Crippen molar-refractivity contribution in [2.75, 3.05) is 25.6 Å². The van der Waals surface area contributed by atoms with E-state index in [1.165, 1.54) is 0 Å². The molecule has 0 spiro atoms. The highest BCUT2D eigenvalue weighted by Gasteiger charge is 2.13. The molecular weight excluding hydrogens is 338 g/mol. The van der Waals surface area contributed by atoms with Crippen LogP contribution in [0.3, 0.4) is 0 Å². The third kappa shape index (κ3) is 5.57. The predicted octanol–water partition coefficient (Wildman–Crippen LogP) is 2.71. The number of benzene rings is 2. The summed E-state index contributed by atoms with van der Waals surface area (Å²) in [6.07, 6.45) is 0. The molecule has 7 heteroatoms. The lowest BCUT2D eigenvalue weighted by Crippen LogP contribution is -2.34. The molecule has 0 unspecified atom stereocenters. The van der Waals surface area contributed by atoms with Crippen LogP contribution in [0.25, 0.3) is 0 Å². The molecule has 0 saturated carbocycles. The largest absolute Gasteiger partial charge is 0.490 e. The summed E-state index contributed by atoms with van der Waals surface area (Å²) in [4.78, 5) is 12.4. The van der Waals surface area contributed by atoms with Crippen LogP contribution >= 0.6 is 12.2 Å². The predicted molar refractivity (Wildman–Crippen MR) is 98.7 cm³/mol. The smallest absolute Gasteiger partial charge is 0.261 e. The van der Waals surface area contributed by atoms with E-state index in [4.69, 9.17) is 27.0 Å². The van der Waals surface area contributed by atoms with Crippen molar-refractivity contribution in [1.29, 1.82) is 5.26 Å². The second-order valence-corrected chi connectivity index (χ2v) is 5.34. The Hall–Kier alpha value is -2.95. The number of para-hydroxylation sites is 1. The molecule has 2 N–H and O–H groups in total. The van der Waals surface area contributed by atoms with Crippen molar-refractivity contribution in [3.05, 3.63) is 59.7 Å². The van der Waals surface area contributed by atoms with E-state index in [0.29, 0.717) is 35.8 Å². The van der Waals surface area contributed by atoms with E-state index < -0.39 is 0 Å². The summed E-state index contributed by atoms with van der Waals surface area (Å²) in [7, 11) is 1.58. The molecule has 0 aromatic heterocycles. The first-order valence-electron chi connectivity index (χ1n) is 7.47. The molecule has 0 bridgehead atoms. The van der Waals surface area contributed by atoms with E-state index in [2.05, 4.69) is 10.6 Å². The zero-order chi connectivity index (χ0) is 18.1. The molecule has 1 amide bonds. The molecular formula is C18H17N3O3S. The number of amides is 1. The van der Waals surface area contributed by atoms with Crippen LogP contribution < -0.4 is 15.4 Å². The van der Waals surface area contributed by atoms with E-state index in [0.717, 1.165) is 0 Å². The van der Waals surface area contributed by atoms with Crippen molar-refractivity contribution in [3.63, 3.8) is 0 Å². The maximum atomic E-state index is 12.4. The number of carbonyl (C=O) groups is 1. The average Bonchev–Trinajstić information content (AvgIpc) is 2.63. The Bertz CT molecular complexity index is 785. The lowest BCUT2D eigenvalue weighted by molar-refractivity contribution is 0.0970. The first-order valence-corrected chi connectivity index (χ1v) is 7.88. The van der Waals surface area contributed by atoms with Gasteiger partial charge in [0.1, 0.15) is 12.4 Å². The molecule has 0 heterocycles. The van der Waals surface area contributed by atoms with E-state index in [1.807, 2.05) is 6.07 Å². The van der Waals surface area contributed by atoms with Gasteiger partial charge in [-0.25, -0.2) is 0 Å². The minimum absolute atomic E-state index is 0.154. The fourth-order valence-corrected chi connectivity index (χ4v) is 2.19. The Morgan fingerprint density at radius 1 is 1.16 bits per heavy atom. The van der Waals surface area contributed by atoms with Gasteiger partial charge in [-0.2, -0.15) is 5.26 Å². The third-order valence-corrected chi connectivity index (χ3v) is 3.38. The van der Waals surface area contributed by atoms with E-state index in [1.54, 1.807) is 55.6 Å². The summed E-state index contributed by atoms with van der Waals surface area (Å²) < 4.78 is 10.5. The molecule has 0 aliphatic carbocycles. The van der Waals surface area contributed by atoms with Crippen LogP contribution in [0.15, 0.2) is 48.5 Å². The first kappa shape index (κ1) is 18.4. The van der Waals surface area contributed by atoms with Gasteiger partial charge in [0, 0.05) is 12.8 Å². The number of anilines is 1. The fourth-order valence-electron chi connectivity index (χ4n) is 1.98. The molecule has 6 nitrogen and oxygen atoms in total. The molecule has 0 saturated heterocycles. The maximum absolute atomic E-state index is 12.4. The van der Waals surface area contributed by atoms with Crippen LogP contribution in [-0.4, -0.2) is 31.3 Å². The van der Waals surface area contributed by atoms with Crippen LogP contribution in [0.1, 0.15) is 15.9 Å². The zero-order valence-electron chi connectivity index (χ0n) is 13.6. The van der Waals surface area contributed by atoms with Gasteiger partial charge in [0.15, 0.2) is 5.11 Å². The van der Waals surface area contributed by atoms with Crippen molar-refractivity contribution in [3.8, 4) is 11.8 Å². The van der Waals surface area contributed by atoms with Crippen molar-refractivity contribution >= 4 is 28.9 Å². The van der Waals surface area contributed by atoms with Crippen molar-refractivity contribution in [2.45, 2.75) is 0 Å². The lowest BCUT2D eigenvalue weighted by Gasteiger charge is -2.13. The van der Waals surface area contributed by atoms with Gasteiger partial charge in [-0.05, 0) is 48.6 Å². The minimum atomic E-state index is -0.376. The molecule has 0 atom stereocenters. The molecule has 2 aromatic rings. The number of hydrogen-bond acceptors (Lipinski definition) is 5. The summed E-state index contributed by atoms with van der Waals surface area (Å²) >= 11 is 5.15. The van der Waals surface area contributed by atoms with Gasteiger partial charge in [-0.3, -0.25) is 10.1 Å². The van der Waals surface area contributed by atoms with Gasteiger partial charge >= 0.3 is 0 Å². The number of nitrogens with zero attached hydrogens (tertiary/aromatic N) is 1. The number of hydrogen-bond donors (Lipinski definition) is 2. The molecule has 25 heavy (non-hydrogen) atoms. The molecule has 2 aromatic carbocycles. The van der Waals surface area contributed by atoms with Crippen molar-refractivity contribution < 1.29 is 14.3 Å². The Kier molecular flexibility index (Phi) is 6.89. The van der Waals surface area contributed by atoms with Gasteiger partial charge in [0.25, 0.3) is 5.91 Å². The number of methoxy groups -OCH3 is 1. The molecule has 0 aliphatic heterocycles. The Labute approximate surface area is 151 Å². The quantitative estimate of drug-likeness (QED) is 0.612. The highest BCUT2D eigenvalue weighted by atomic mass is 32.1. The van der Waals surface area contributed by atoms with E-state index >= 15 is 0 Å². The van der Waals surface area contributed by atoms with Gasteiger partial charge in [-0.15, -0.1) is 0 Å². The molecule has 0 fully saturated rings. The van der Waals surface area contributed by atoms with Crippen LogP contribution in [0.4, 0.5) is 5.69 Å². The number of carbonyl (C=O) groups excluding carboxylic acids is 1. The van der Waals surface area contributed by atoms with E-state index in [9.17, 15) is 4.79 Å². The van der Waals surface area contributed by atoms with Crippen LogP contribution in [0.5, 0.6) is 5.75 Å². The van der Waals surface area contributed by atoms with Crippen molar-refractivity contribution in [1.82, 2.24) is 5.32 Å². The number of nitriles is 1. The Morgan fingerprint density at radius 2 is 1.88 bits per heavy atom. The van der Waals surface area contributed by atoms with E-state index in [-0.39, 0.29) is 11.0 Å². The molecule has 2 rings (SSSR count). The summed E-state index contributed by atoms with van der Waals surface area (Å²) in [6, 6.07) is 15.7. The van der Waals surface area contributed by atoms with Gasteiger partial charge < -0.3 is 14.8 Å². The monoisotopic (exact) mass is 355 g/mol. The highest BCUT2D eigenvalue weighted by Crippen LogP contribution is 2.18. The second-order valence-electron chi connectivity index (χ2n) is 4.93. The summed E-state index contributed by atoms with van der Waals surface area (Å²) in [5, 5.41) is 14.4. The number of nitrogens with one attached hydrogen (secondary N) is 2. The SMILES string of the molecule is COCCOc1ccccc1C(=O)NC(=S)Nc1ccc(C#N)cc1. The summed E-state index contributed by atoms with van der Waals surface area (Å²) in [5.74, 6) is 0.0809. The summed E-state index contributed by atoms with van der Waals surface area (Å²) in [5.41, 5.74) is 1.60. The van der Waals surface area contributed by atoms with Crippen molar-refractivity contribution in [2.24, 2.45) is 0 Å². The topological polar surface area (TPSA) is 83.4 Å². The molecule has 0 aliphatic rings.